The van der Waals surface area contributed by atoms with Crippen LogP contribution < -0.4 is 5.73 Å². The number of likely N-dealkylation sites (tertiary alicyclic amines) is 1. The Morgan fingerprint density at radius 3 is 2.88 bits per heavy atom. The second-order valence-corrected chi connectivity index (χ2v) is 4.48. The zero-order valence-electron chi connectivity index (χ0n) is 10.2. The minimum Gasteiger partial charge on any atom is -0.380 e. The maximum Gasteiger partial charge on any atom is 0.132 e. The number of hydrogen-bond acceptors (Lipinski definition) is 3. The lowest BCUT2D eigenvalue weighted by Gasteiger charge is -2.16. The topological polar surface area (TPSA) is 38.5 Å². The van der Waals surface area contributed by atoms with Gasteiger partial charge in [0, 0.05) is 44.4 Å². The number of nitrogens with zero attached hydrogens (tertiary/aromatic N) is 1. The van der Waals surface area contributed by atoms with E-state index in [0.717, 1.165) is 25.1 Å². The van der Waals surface area contributed by atoms with Crippen LogP contribution in [0.2, 0.25) is 0 Å². The summed E-state index contributed by atoms with van der Waals surface area (Å²) < 4.78 is 19.3. The first-order chi connectivity index (χ1) is 8.24. The molecule has 2 rings (SSSR count). The molecule has 94 valence electrons. The molecule has 1 atom stereocenters. The van der Waals surface area contributed by atoms with Gasteiger partial charge in [-0.1, -0.05) is 18.2 Å². The van der Waals surface area contributed by atoms with Gasteiger partial charge < -0.3 is 10.5 Å². The van der Waals surface area contributed by atoms with Gasteiger partial charge in [0.05, 0.1) is 6.10 Å². The fraction of sp³-hybridized carbons (Fsp3) is 0.538. The molecule has 2 N–H and O–H groups in total. The van der Waals surface area contributed by atoms with Gasteiger partial charge in [-0.25, -0.2) is 4.39 Å². The highest BCUT2D eigenvalue weighted by Crippen LogP contribution is 2.19. The summed E-state index contributed by atoms with van der Waals surface area (Å²) in [6.07, 6.45) is 1.31. The van der Waals surface area contributed by atoms with Crippen molar-refractivity contribution in [3.63, 3.8) is 0 Å². The molecule has 1 aromatic rings. The number of ether oxygens (including phenoxy) is 1. The molecular weight excluding hydrogens is 219 g/mol. The second-order valence-electron chi connectivity index (χ2n) is 4.48. The molecule has 1 aliphatic rings. The molecule has 1 heterocycles. The highest BCUT2D eigenvalue weighted by atomic mass is 19.1. The Hall–Kier alpha value is -0.970. The van der Waals surface area contributed by atoms with E-state index in [2.05, 4.69) is 4.90 Å². The zero-order chi connectivity index (χ0) is 12.3. The Balaban J connectivity index is 2.04. The van der Waals surface area contributed by atoms with Crippen LogP contribution in [0.25, 0.3) is 0 Å². The highest BCUT2D eigenvalue weighted by molar-refractivity contribution is 5.26. The Kier molecular flexibility index (Phi) is 4.10. The van der Waals surface area contributed by atoms with Crippen LogP contribution in [0.1, 0.15) is 17.5 Å². The second kappa shape index (κ2) is 5.58. The lowest BCUT2D eigenvalue weighted by Crippen LogP contribution is -2.23. The van der Waals surface area contributed by atoms with Crippen LogP contribution in [-0.4, -0.2) is 31.2 Å². The van der Waals surface area contributed by atoms with E-state index < -0.39 is 0 Å². The summed E-state index contributed by atoms with van der Waals surface area (Å²) in [6.45, 7) is 2.73. The average molecular weight is 238 g/mol. The van der Waals surface area contributed by atoms with E-state index in [9.17, 15) is 4.39 Å². The van der Waals surface area contributed by atoms with E-state index in [4.69, 9.17) is 10.5 Å². The predicted molar refractivity (Wildman–Crippen MR) is 65.0 cm³/mol. The van der Waals surface area contributed by atoms with Gasteiger partial charge in [-0.3, -0.25) is 4.90 Å². The number of halogens is 1. The zero-order valence-corrected chi connectivity index (χ0v) is 10.2. The van der Waals surface area contributed by atoms with Gasteiger partial charge in [-0.15, -0.1) is 0 Å². The Morgan fingerprint density at radius 1 is 1.47 bits per heavy atom. The quantitative estimate of drug-likeness (QED) is 0.864. The van der Waals surface area contributed by atoms with E-state index in [1.165, 1.54) is 0 Å². The minimum absolute atomic E-state index is 0.157. The first-order valence-electron chi connectivity index (χ1n) is 5.96. The normalized spacial score (nSPS) is 21.0. The van der Waals surface area contributed by atoms with Gasteiger partial charge in [0.1, 0.15) is 5.82 Å². The lowest BCUT2D eigenvalue weighted by molar-refractivity contribution is 0.107. The maximum atomic E-state index is 14.0. The van der Waals surface area contributed by atoms with Gasteiger partial charge in [-0.2, -0.15) is 0 Å². The fourth-order valence-electron chi connectivity index (χ4n) is 2.29. The number of benzene rings is 1. The van der Waals surface area contributed by atoms with Gasteiger partial charge in [-0.05, 0) is 6.42 Å². The number of rotatable bonds is 4. The van der Waals surface area contributed by atoms with Crippen LogP contribution in [0, 0.1) is 5.82 Å². The van der Waals surface area contributed by atoms with Crippen molar-refractivity contribution in [2.45, 2.75) is 25.6 Å². The van der Waals surface area contributed by atoms with Crippen LogP contribution in [0.15, 0.2) is 18.2 Å². The first kappa shape index (κ1) is 12.5. The largest absolute Gasteiger partial charge is 0.380 e. The van der Waals surface area contributed by atoms with Crippen LogP contribution in [0.4, 0.5) is 4.39 Å². The fourth-order valence-corrected chi connectivity index (χ4v) is 2.29. The maximum absolute atomic E-state index is 14.0. The molecule has 1 saturated heterocycles. The summed E-state index contributed by atoms with van der Waals surface area (Å²) in [7, 11) is 1.73. The Morgan fingerprint density at radius 2 is 2.24 bits per heavy atom. The van der Waals surface area contributed by atoms with Crippen LogP contribution >= 0.6 is 0 Å². The average Bonchev–Trinajstić information content (AvgIpc) is 2.79. The van der Waals surface area contributed by atoms with Crippen molar-refractivity contribution in [3.05, 3.63) is 35.1 Å². The van der Waals surface area contributed by atoms with E-state index in [1.54, 1.807) is 13.2 Å². The summed E-state index contributed by atoms with van der Waals surface area (Å²) in [4.78, 5) is 2.22. The first-order valence-corrected chi connectivity index (χ1v) is 5.96. The summed E-state index contributed by atoms with van der Waals surface area (Å²) in [5, 5.41) is 0. The number of methoxy groups -OCH3 is 1. The summed E-state index contributed by atoms with van der Waals surface area (Å²) >= 11 is 0. The smallest absolute Gasteiger partial charge is 0.132 e. The molecular formula is C13H19FN2O. The van der Waals surface area contributed by atoms with Crippen LogP contribution in [-0.2, 0) is 17.8 Å². The molecule has 1 aliphatic heterocycles. The Labute approximate surface area is 101 Å². The third kappa shape index (κ3) is 2.83. The summed E-state index contributed by atoms with van der Waals surface area (Å²) in [5.74, 6) is -0.157. The predicted octanol–water partition coefficient (Wildman–Crippen LogP) is 1.51. The molecule has 0 radical (unpaired) electrons. The van der Waals surface area contributed by atoms with Gasteiger partial charge in [0.25, 0.3) is 0 Å². The SMILES string of the molecule is COC1CCN(Cc2cccc(CN)c2F)C1. The minimum atomic E-state index is -0.157. The van der Waals surface area contributed by atoms with E-state index in [0.29, 0.717) is 12.1 Å². The van der Waals surface area contributed by atoms with Crippen molar-refractivity contribution in [1.82, 2.24) is 4.90 Å². The molecule has 17 heavy (non-hydrogen) atoms. The molecule has 3 nitrogen and oxygen atoms in total. The van der Waals surface area contributed by atoms with Crippen molar-refractivity contribution in [1.29, 1.82) is 0 Å². The molecule has 4 heteroatoms. The van der Waals surface area contributed by atoms with Crippen molar-refractivity contribution in [3.8, 4) is 0 Å². The van der Waals surface area contributed by atoms with Crippen molar-refractivity contribution in [2.75, 3.05) is 20.2 Å². The monoisotopic (exact) mass is 238 g/mol. The van der Waals surface area contributed by atoms with Gasteiger partial charge >= 0.3 is 0 Å². The van der Waals surface area contributed by atoms with E-state index in [-0.39, 0.29) is 18.5 Å². The van der Waals surface area contributed by atoms with Gasteiger partial charge in [0.15, 0.2) is 0 Å². The molecule has 0 saturated carbocycles. The molecule has 0 aromatic heterocycles. The number of hydrogen-bond donors (Lipinski definition) is 1. The standard InChI is InChI=1S/C13H19FN2O/c1-17-12-5-6-16(9-12)8-11-4-2-3-10(7-15)13(11)14/h2-4,12H,5-9,15H2,1H3. The summed E-state index contributed by atoms with van der Waals surface area (Å²) in [5.41, 5.74) is 6.81. The molecule has 1 unspecified atom stereocenters. The number of nitrogens with two attached hydrogens (primary N) is 1. The molecule has 0 aliphatic carbocycles. The Bertz CT molecular complexity index is 384. The molecule has 0 bridgehead atoms. The van der Waals surface area contributed by atoms with Crippen molar-refractivity contribution < 1.29 is 9.13 Å². The van der Waals surface area contributed by atoms with Crippen molar-refractivity contribution >= 4 is 0 Å². The van der Waals surface area contributed by atoms with Crippen molar-refractivity contribution in [2.24, 2.45) is 5.73 Å². The highest BCUT2D eigenvalue weighted by Gasteiger charge is 2.22. The third-order valence-corrected chi connectivity index (χ3v) is 3.34. The molecule has 0 amide bonds. The van der Waals surface area contributed by atoms with Gasteiger partial charge in [0.2, 0.25) is 0 Å². The van der Waals surface area contributed by atoms with E-state index in [1.807, 2.05) is 12.1 Å². The molecule has 1 aromatic carbocycles. The summed E-state index contributed by atoms with van der Waals surface area (Å²) in [6, 6.07) is 5.43. The van der Waals surface area contributed by atoms with Crippen LogP contribution in [0.3, 0.4) is 0 Å². The van der Waals surface area contributed by atoms with E-state index >= 15 is 0 Å². The third-order valence-electron chi connectivity index (χ3n) is 3.34. The molecule has 0 spiro atoms. The van der Waals surface area contributed by atoms with Crippen LogP contribution in [0.5, 0.6) is 0 Å². The molecule has 1 fully saturated rings. The lowest BCUT2D eigenvalue weighted by atomic mass is 10.1.